The van der Waals surface area contributed by atoms with Gasteiger partial charge in [0.05, 0.1) is 17.7 Å². The van der Waals surface area contributed by atoms with Crippen LogP contribution < -0.4 is 21.5 Å². The van der Waals surface area contributed by atoms with E-state index in [9.17, 15) is 4.79 Å². The van der Waals surface area contributed by atoms with Crippen molar-refractivity contribution in [2.75, 3.05) is 13.3 Å². The Morgan fingerprint density at radius 1 is 1.58 bits per heavy atom. The number of fused-ring (bicyclic) bond motifs is 2. The van der Waals surface area contributed by atoms with Gasteiger partial charge in [-0.15, -0.1) is 0 Å². The molecule has 0 amide bonds. The van der Waals surface area contributed by atoms with Gasteiger partial charge in [0.2, 0.25) is 0 Å². The summed E-state index contributed by atoms with van der Waals surface area (Å²) in [5.74, 6) is -0.276. The molecule has 6 nitrogen and oxygen atoms in total. The van der Waals surface area contributed by atoms with Crippen molar-refractivity contribution in [1.82, 2.24) is 16.0 Å². The molecule has 0 spiro atoms. The summed E-state index contributed by atoms with van der Waals surface area (Å²) in [7, 11) is 0. The highest BCUT2D eigenvalue weighted by Gasteiger charge is 2.35. The van der Waals surface area contributed by atoms with Crippen molar-refractivity contribution in [3.8, 4) is 0 Å². The molecular formula is C13H16N4O2. The predicted molar refractivity (Wildman–Crippen MR) is 68.8 cm³/mol. The normalized spacial score (nSPS) is 20.6. The Kier molecular flexibility index (Phi) is 2.96. The first-order chi connectivity index (χ1) is 9.22. The Labute approximate surface area is 110 Å². The van der Waals surface area contributed by atoms with Gasteiger partial charge < -0.3 is 4.74 Å². The SMILES string of the molecule is CCOC(=O)C1NNN2CN=c3c(C)cccc3=C12. The average molecular weight is 260 g/mol. The second-order valence-corrected chi connectivity index (χ2v) is 4.53. The fourth-order valence-corrected chi connectivity index (χ4v) is 2.45. The van der Waals surface area contributed by atoms with E-state index in [1.54, 1.807) is 6.92 Å². The van der Waals surface area contributed by atoms with Crippen LogP contribution in [0.2, 0.25) is 0 Å². The summed E-state index contributed by atoms with van der Waals surface area (Å²) >= 11 is 0. The molecule has 1 aromatic carbocycles. The van der Waals surface area contributed by atoms with Crippen molar-refractivity contribution in [2.24, 2.45) is 4.99 Å². The molecule has 100 valence electrons. The first-order valence-corrected chi connectivity index (χ1v) is 6.32. The number of carbonyl (C=O) groups excluding carboxylic acids is 1. The van der Waals surface area contributed by atoms with Crippen LogP contribution in [0.25, 0.3) is 5.70 Å². The van der Waals surface area contributed by atoms with E-state index in [-0.39, 0.29) is 5.97 Å². The molecule has 1 saturated heterocycles. The molecule has 2 aliphatic rings. The molecule has 2 aliphatic heterocycles. The van der Waals surface area contributed by atoms with E-state index in [1.165, 1.54) is 0 Å². The third-order valence-electron chi connectivity index (χ3n) is 3.31. The first kappa shape index (κ1) is 12.1. The third-order valence-corrected chi connectivity index (χ3v) is 3.31. The van der Waals surface area contributed by atoms with Crippen molar-refractivity contribution < 1.29 is 9.53 Å². The van der Waals surface area contributed by atoms with Crippen LogP contribution in [0.1, 0.15) is 12.5 Å². The van der Waals surface area contributed by atoms with Crippen LogP contribution >= 0.6 is 0 Å². The fraction of sp³-hybridized carbons (Fsp3) is 0.385. The molecule has 0 bridgehead atoms. The molecule has 3 rings (SSSR count). The molecular weight excluding hydrogens is 244 g/mol. The Bertz CT molecular complexity index is 641. The van der Waals surface area contributed by atoms with E-state index in [2.05, 4.69) is 16.0 Å². The lowest BCUT2D eigenvalue weighted by Gasteiger charge is -2.21. The number of nitrogens with one attached hydrogen (secondary N) is 2. The number of hydrazine groups is 2. The van der Waals surface area contributed by atoms with Crippen LogP contribution in [0.4, 0.5) is 0 Å². The van der Waals surface area contributed by atoms with Crippen LogP contribution in [-0.4, -0.2) is 30.3 Å². The second-order valence-electron chi connectivity index (χ2n) is 4.53. The predicted octanol–water partition coefficient (Wildman–Crippen LogP) is -1.05. The third kappa shape index (κ3) is 1.89. The monoisotopic (exact) mass is 260 g/mol. The van der Waals surface area contributed by atoms with Crippen LogP contribution in [0.3, 0.4) is 0 Å². The largest absolute Gasteiger partial charge is 0.464 e. The molecule has 2 N–H and O–H groups in total. The minimum atomic E-state index is -0.490. The van der Waals surface area contributed by atoms with Gasteiger partial charge in [-0.05, 0) is 19.4 Å². The number of rotatable bonds is 2. The zero-order valence-corrected chi connectivity index (χ0v) is 10.9. The quantitative estimate of drug-likeness (QED) is 0.664. The van der Waals surface area contributed by atoms with Crippen molar-refractivity contribution in [1.29, 1.82) is 0 Å². The number of carbonyl (C=O) groups is 1. The van der Waals surface area contributed by atoms with Gasteiger partial charge in [0.25, 0.3) is 0 Å². The zero-order valence-electron chi connectivity index (χ0n) is 10.9. The van der Waals surface area contributed by atoms with Crippen LogP contribution in [0.5, 0.6) is 0 Å². The summed E-state index contributed by atoms with van der Waals surface area (Å²) in [6.45, 7) is 4.68. The molecule has 1 atom stereocenters. The number of para-hydroxylation sites is 1. The van der Waals surface area contributed by atoms with Gasteiger partial charge >= 0.3 is 5.97 Å². The maximum Gasteiger partial charge on any atom is 0.330 e. The molecule has 19 heavy (non-hydrogen) atoms. The van der Waals surface area contributed by atoms with Gasteiger partial charge in [-0.25, -0.2) is 10.2 Å². The van der Waals surface area contributed by atoms with Crippen LogP contribution in [0.15, 0.2) is 23.2 Å². The van der Waals surface area contributed by atoms with Crippen LogP contribution in [-0.2, 0) is 9.53 Å². The van der Waals surface area contributed by atoms with Crippen molar-refractivity contribution in [3.63, 3.8) is 0 Å². The molecule has 1 aromatic rings. The van der Waals surface area contributed by atoms with E-state index >= 15 is 0 Å². The number of ether oxygens (including phenoxy) is 1. The van der Waals surface area contributed by atoms with Gasteiger partial charge in [-0.2, -0.15) is 5.53 Å². The molecule has 1 fully saturated rings. The van der Waals surface area contributed by atoms with E-state index in [4.69, 9.17) is 4.74 Å². The standard InChI is InChI=1S/C13H16N4O2/c1-3-19-13(18)11-12-9-6-4-5-8(2)10(9)14-7-17(12)16-15-11/h4-6,11,15-16H,3,7H2,1-2H3. The molecule has 6 heteroatoms. The van der Waals surface area contributed by atoms with Crippen LogP contribution in [0, 0.1) is 6.92 Å². The Balaban J connectivity index is 2.17. The number of hydrogen-bond donors (Lipinski definition) is 2. The zero-order chi connectivity index (χ0) is 13.4. The highest BCUT2D eigenvalue weighted by atomic mass is 16.5. The second kappa shape index (κ2) is 4.64. The minimum absolute atomic E-state index is 0.276. The number of hydrogen-bond acceptors (Lipinski definition) is 6. The number of benzene rings is 1. The molecule has 1 unspecified atom stereocenters. The molecule has 0 aromatic heterocycles. The highest BCUT2D eigenvalue weighted by Crippen LogP contribution is 2.15. The number of nitrogens with zero attached hydrogens (tertiary/aromatic N) is 2. The van der Waals surface area contributed by atoms with Gasteiger partial charge in [0.1, 0.15) is 6.67 Å². The average Bonchev–Trinajstić information content (AvgIpc) is 2.83. The van der Waals surface area contributed by atoms with Gasteiger partial charge in [0, 0.05) is 5.22 Å². The van der Waals surface area contributed by atoms with Crippen molar-refractivity contribution in [3.05, 3.63) is 34.3 Å². The van der Waals surface area contributed by atoms with Crippen molar-refractivity contribution in [2.45, 2.75) is 19.9 Å². The lowest BCUT2D eigenvalue weighted by Crippen LogP contribution is -2.44. The summed E-state index contributed by atoms with van der Waals surface area (Å²) in [6.07, 6.45) is 0. The lowest BCUT2D eigenvalue weighted by molar-refractivity contribution is -0.143. The summed E-state index contributed by atoms with van der Waals surface area (Å²) in [5.41, 5.74) is 7.90. The van der Waals surface area contributed by atoms with Gasteiger partial charge in [-0.1, -0.05) is 18.2 Å². The maximum atomic E-state index is 12.0. The smallest absolute Gasteiger partial charge is 0.330 e. The molecule has 0 aliphatic carbocycles. The highest BCUT2D eigenvalue weighted by molar-refractivity contribution is 5.87. The number of aryl methyl sites for hydroxylation is 1. The minimum Gasteiger partial charge on any atom is -0.464 e. The number of esters is 1. The van der Waals surface area contributed by atoms with E-state index < -0.39 is 6.04 Å². The Morgan fingerprint density at radius 2 is 2.42 bits per heavy atom. The lowest BCUT2D eigenvalue weighted by atomic mass is 10.1. The summed E-state index contributed by atoms with van der Waals surface area (Å²) in [4.78, 5) is 16.5. The summed E-state index contributed by atoms with van der Waals surface area (Å²) < 4.78 is 5.10. The maximum absolute atomic E-state index is 12.0. The molecule has 0 radical (unpaired) electrons. The topological polar surface area (TPSA) is 66.0 Å². The molecule has 2 heterocycles. The Hall–Kier alpha value is -1.92. The van der Waals surface area contributed by atoms with Gasteiger partial charge in [0.15, 0.2) is 6.04 Å². The Morgan fingerprint density at radius 3 is 3.21 bits per heavy atom. The van der Waals surface area contributed by atoms with E-state index in [0.717, 1.165) is 21.8 Å². The van der Waals surface area contributed by atoms with Crippen molar-refractivity contribution >= 4 is 11.7 Å². The summed E-state index contributed by atoms with van der Waals surface area (Å²) in [5, 5.41) is 3.76. The van der Waals surface area contributed by atoms with Gasteiger partial charge in [-0.3, -0.25) is 10.0 Å². The fourth-order valence-electron chi connectivity index (χ4n) is 2.45. The first-order valence-electron chi connectivity index (χ1n) is 6.32. The summed E-state index contributed by atoms with van der Waals surface area (Å²) in [6, 6.07) is 5.49. The van der Waals surface area contributed by atoms with E-state index in [0.29, 0.717) is 13.3 Å². The van der Waals surface area contributed by atoms with E-state index in [1.807, 2.05) is 30.1 Å². The molecule has 0 saturated carbocycles.